The molecule has 2 aromatic rings. The third-order valence-electron chi connectivity index (χ3n) is 1.89. The molecule has 0 aliphatic carbocycles. The molecule has 2 rings (SSSR count). The average Bonchev–Trinajstić information content (AvgIpc) is 2.43. The lowest BCUT2D eigenvalue weighted by molar-refractivity contribution is 0.125. The molecule has 0 bridgehead atoms. The molecule has 0 atom stereocenters. The molecule has 1 aromatic carbocycles. The summed E-state index contributed by atoms with van der Waals surface area (Å²) in [7, 11) is 0. The molecule has 1 heterocycles. The van der Waals surface area contributed by atoms with Crippen molar-refractivity contribution in [3.63, 3.8) is 0 Å². The zero-order valence-electron chi connectivity index (χ0n) is 7.11. The summed E-state index contributed by atoms with van der Waals surface area (Å²) in [4.78, 5) is 11.1. The van der Waals surface area contributed by atoms with Crippen LogP contribution in [-0.4, -0.2) is 11.0 Å². The van der Waals surface area contributed by atoms with Gasteiger partial charge < -0.3 is 4.42 Å². The molecule has 0 aliphatic heterocycles. The third kappa shape index (κ3) is 1.41. The number of hydrogen-bond acceptors (Lipinski definition) is 2. The molecule has 0 fully saturated rings. The van der Waals surface area contributed by atoms with Crippen LogP contribution in [0.4, 0.5) is 8.78 Å². The van der Waals surface area contributed by atoms with Crippen LogP contribution in [-0.2, 0) is 6.54 Å². The summed E-state index contributed by atoms with van der Waals surface area (Å²) in [5.41, 5.74) is 0.732. The van der Waals surface area contributed by atoms with Crippen LogP contribution in [0, 0.1) is 0 Å². The normalized spacial score (nSPS) is 11.4. The van der Waals surface area contributed by atoms with Crippen molar-refractivity contribution in [3.05, 3.63) is 34.8 Å². The van der Waals surface area contributed by atoms with Gasteiger partial charge in [0, 0.05) is 0 Å². The highest BCUT2D eigenvalue weighted by Crippen LogP contribution is 2.12. The molecule has 1 aromatic heterocycles. The maximum atomic E-state index is 12.1. The molecule has 0 aliphatic rings. The van der Waals surface area contributed by atoms with E-state index in [4.69, 9.17) is 4.42 Å². The van der Waals surface area contributed by atoms with Crippen LogP contribution >= 0.6 is 0 Å². The van der Waals surface area contributed by atoms with Crippen LogP contribution in [0.5, 0.6) is 0 Å². The fourth-order valence-electron chi connectivity index (χ4n) is 1.32. The number of halogens is 2. The number of alkyl halides is 2. The Labute approximate surface area is 77.6 Å². The van der Waals surface area contributed by atoms with Crippen LogP contribution in [0.15, 0.2) is 33.5 Å². The number of nitrogens with zero attached hydrogens (tertiary/aromatic N) is 1. The summed E-state index contributed by atoms with van der Waals surface area (Å²) in [5.74, 6) is -0.744. The summed E-state index contributed by atoms with van der Waals surface area (Å²) in [6.45, 7) is -0.629. The number of benzene rings is 1. The first-order valence-electron chi connectivity index (χ1n) is 4.05. The molecule has 0 saturated carbocycles. The van der Waals surface area contributed by atoms with Gasteiger partial charge in [0.15, 0.2) is 5.58 Å². The van der Waals surface area contributed by atoms with Gasteiger partial charge in [-0.1, -0.05) is 12.1 Å². The number of hydrogen-bond donors (Lipinski definition) is 0. The lowest BCUT2D eigenvalue weighted by Crippen LogP contribution is -2.18. The number of rotatable bonds is 2. The van der Waals surface area contributed by atoms with E-state index >= 15 is 0 Å². The van der Waals surface area contributed by atoms with E-state index in [0.717, 1.165) is 4.57 Å². The Balaban J connectivity index is 2.62. The van der Waals surface area contributed by atoms with Crippen molar-refractivity contribution in [2.45, 2.75) is 13.0 Å². The summed E-state index contributed by atoms with van der Waals surface area (Å²) in [6, 6.07) is 6.48. The SMILES string of the molecule is O=c1oc2ccccc2n1CC(F)F. The lowest BCUT2D eigenvalue weighted by Gasteiger charge is -1.99. The van der Waals surface area contributed by atoms with E-state index in [1.165, 1.54) is 0 Å². The van der Waals surface area contributed by atoms with Crippen molar-refractivity contribution in [1.82, 2.24) is 4.57 Å². The number of aromatic nitrogens is 1. The van der Waals surface area contributed by atoms with Crippen LogP contribution in [0.25, 0.3) is 11.1 Å². The highest BCUT2D eigenvalue weighted by atomic mass is 19.3. The van der Waals surface area contributed by atoms with Gasteiger partial charge in [-0.15, -0.1) is 0 Å². The monoisotopic (exact) mass is 199 g/mol. The van der Waals surface area contributed by atoms with Crippen LogP contribution in [0.1, 0.15) is 0 Å². The molecule has 0 unspecified atom stereocenters. The minimum Gasteiger partial charge on any atom is -0.408 e. The first-order chi connectivity index (χ1) is 6.68. The zero-order chi connectivity index (χ0) is 10.1. The first-order valence-corrected chi connectivity index (χ1v) is 4.05. The standard InChI is InChI=1S/C9H7F2NO2/c10-8(11)5-12-6-3-1-2-4-7(6)14-9(12)13/h1-4,8H,5H2. The molecular weight excluding hydrogens is 192 g/mol. The quantitative estimate of drug-likeness (QED) is 0.739. The topological polar surface area (TPSA) is 35.1 Å². The molecule has 0 N–H and O–H groups in total. The van der Waals surface area contributed by atoms with E-state index in [-0.39, 0.29) is 0 Å². The Kier molecular flexibility index (Phi) is 2.07. The van der Waals surface area contributed by atoms with E-state index < -0.39 is 18.7 Å². The van der Waals surface area contributed by atoms with Crippen LogP contribution in [0.2, 0.25) is 0 Å². The second-order valence-electron chi connectivity index (χ2n) is 2.84. The Morgan fingerprint density at radius 1 is 1.36 bits per heavy atom. The van der Waals surface area contributed by atoms with Crippen LogP contribution in [0.3, 0.4) is 0 Å². The maximum absolute atomic E-state index is 12.1. The Morgan fingerprint density at radius 3 is 2.79 bits per heavy atom. The molecule has 0 amide bonds. The van der Waals surface area contributed by atoms with Crippen molar-refractivity contribution < 1.29 is 13.2 Å². The maximum Gasteiger partial charge on any atom is 0.420 e. The van der Waals surface area contributed by atoms with Crippen molar-refractivity contribution in [2.24, 2.45) is 0 Å². The Morgan fingerprint density at radius 2 is 2.07 bits per heavy atom. The molecule has 0 spiro atoms. The number of oxazole rings is 1. The molecule has 14 heavy (non-hydrogen) atoms. The first kappa shape index (κ1) is 8.93. The van der Waals surface area contributed by atoms with Gasteiger partial charge in [-0.2, -0.15) is 0 Å². The summed E-state index contributed by atoms with van der Waals surface area (Å²) < 4.78 is 29.9. The average molecular weight is 199 g/mol. The third-order valence-corrected chi connectivity index (χ3v) is 1.89. The van der Waals surface area contributed by atoms with E-state index in [1.54, 1.807) is 24.3 Å². The van der Waals surface area contributed by atoms with Crippen LogP contribution < -0.4 is 5.76 Å². The highest BCUT2D eigenvalue weighted by molar-refractivity contribution is 5.72. The molecule has 3 nitrogen and oxygen atoms in total. The predicted octanol–water partition coefficient (Wildman–Crippen LogP) is 1.86. The van der Waals surface area contributed by atoms with Gasteiger partial charge in [0.25, 0.3) is 6.43 Å². The summed E-state index contributed by atoms with van der Waals surface area (Å²) >= 11 is 0. The smallest absolute Gasteiger partial charge is 0.408 e. The van der Waals surface area contributed by atoms with Gasteiger partial charge in [-0.3, -0.25) is 4.57 Å². The number of para-hydroxylation sites is 2. The molecular formula is C9H7F2NO2. The van der Waals surface area contributed by atoms with Crippen molar-refractivity contribution in [3.8, 4) is 0 Å². The minimum atomic E-state index is -2.56. The summed E-state index contributed by atoms with van der Waals surface area (Å²) in [5, 5.41) is 0. The largest absolute Gasteiger partial charge is 0.420 e. The number of fused-ring (bicyclic) bond motifs is 1. The van der Waals surface area contributed by atoms with Crippen molar-refractivity contribution in [1.29, 1.82) is 0 Å². The van der Waals surface area contributed by atoms with Gasteiger partial charge >= 0.3 is 5.76 Å². The van der Waals surface area contributed by atoms with E-state index in [1.807, 2.05) is 0 Å². The second kappa shape index (κ2) is 3.25. The van der Waals surface area contributed by atoms with Gasteiger partial charge in [0.2, 0.25) is 0 Å². The van der Waals surface area contributed by atoms with Crippen molar-refractivity contribution in [2.75, 3.05) is 0 Å². The summed E-state index contributed by atoms with van der Waals surface area (Å²) in [6.07, 6.45) is -2.56. The predicted molar refractivity (Wildman–Crippen MR) is 46.5 cm³/mol. The Bertz CT molecular complexity index is 501. The molecule has 0 radical (unpaired) electrons. The second-order valence-corrected chi connectivity index (χ2v) is 2.84. The molecule has 74 valence electrons. The van der Waals surface area contributed by atoms with Gasteiger partial charge in [0.05, 0.1) is 12.1 Å². The lowest BCUT2D eigenvalue weighted by atomic mass is 10.3. The Hall–Kier alpha value is -1.65. The zero-order valence-corrected chi connectivity index (χ0v) is 7.11. The molecule has 0 saturated heterocycles. The van der Waals surface area contributed by atoms with E-state index in [0.29, 0.717) is 11.1 Å². The highest BCUT2D eigenvalue weighted by Gasteiger charge is 2.12. The fraction of sp³-hybridized carbons (Fsp3) is 0.222. The van der Waals surface area contributed by atoms with Gasteiger partial charge in [-0.25, -0.2) is 13.6 Å². The molecule has 5 heteroatoms. The van der Waals surface area contributed by atoms with Gasteiger partial charge in [-0.05, 0) is 12.1 Å². The van der Waals surface area contributed by atoms with Crippen molar-refractivity contribution >= 4 is 11.1 Å². The fourth-order valence-corrected chi connectivity index (χ4v) is 1.32. The van der Waals surface area contributed by atoms with Gasteiger partial charge in [0.1, 0.15) is 0 Å². The van der Waals surface area contributed by atoms with E-state index in [2.05, 4.69) is 0 Å². The van der Waals surface area contributed by atoms with E-state index in [9.17, 15) is 13.6 Å². The minimum absolute atomic E-state index is 0.332.